The van der Waals surface area contributed by atoms with Gasteiger partial charge < -0.3 is 4.90 Å². The van der Waals surface area contributed by atoms with Crippen molar-refractivity contribution in [3.63, 3.8) is 0 Å². The third-order valence-electron chi connectivity index (χ3n) is 7.65. The molecule has 186 valence electrons. The zero-order valence-electron chi connectivity index (χ0n) is 20.6. The molecule has 3 aliphatic heterocycles. The number of carbonyl (C=O) groups is 3. The first-order valence-electron chi connectivity index (χ1n) is 12.9. The Hall–Kier alpha value is -4.02. The van der Waals surface area contributed by atoms with Crippen LogP contribution in [0.1, 0.15) is 52.9 Å². The predicted molar refractivity (Wildman–Crippen MR) is 139 cm³/mol. The van der Waals surface area contributed by atoms with Gasteiger partial charge in [-0.2, -0.15) is 0 Å². The second-order valence-electron chi connectivity index (χ2n) is 10.1. The lowest BCUT2D eigenvalue weighted by molar-refractivity contribution is -0.136. The van der Waals surface area contributed by atoms with E-state index in [-0.39, 0.29) is 18.2 Å². The van der Waals surface area contributed by atoms with Crippen molar-refractivity contribution in [3.8, 4) is 11.8 Å². The summed E-state index contributed by atoms with van der Waals surface area (Å²) in [6, 6.07) is 15.5. The number of amides is 3. The quantitative estimate of drug-likeness (QED) is 0.448. The molecular weight excluding hydrogens is 464 g/mol. The number of benzene rings is 2. The van der Waals surface area contributed by atoms with Crippen LogP contribution >= 0.6 is 0 Å². The Morgan fingerprint density at radius 1 is 0.973 bits per heavy atom. The first-order chi connectivity index (χ1) is 18.0. The maximum atomic E-state index is 13.0. The topological polar surface area (TPSA) is 82.6 Å². The molecule has 3 aliphatic rings. The second kappa shape index (κ2) is 9.79. The van der Waals surface area contributed by atoms with E-state index in [0.29, 0.717) is 24.4 Å². The number of carbonyl (C=O) groups excluding carboxylic acids is 3. The van der Waals surface area contributed by atoms with Crippen molar-refractivity contribution in [2.45, 2.75) is 44.8 Å². The Balaban J connectivity index is 1.10. The maximum Gasteiger partial charge on any atom is 0.255 e. The lowest BCUT2D eigenvalue weighted by atomic mass is 9.96. The Labute approximate surface area is 215 Å². The number of aromatic nitrogens is 1. The fourth-order valence-electron chi connectivity index (χ4n) is 5.56. The number of likely N-dealkylation sites (tertiary alicyclic amines) is 1. The van der Waals surface area contributed by atoms with Gasteiger partial charge >= 0.3 is 0 Å². The van der Waals surface area contributed by atoms with Crippen LogP contribution in [0.4, 0.5) is 0 Å². The lowest BCUT2D eigenvalue weighted by Crippen LogP contribution is -2.52. The van der Waals surface area contributed by atoms with Crippen molar-refractivity contribution in [1.82, 2.24) is 20.1 Å². The Morgan fingerprint density at radius 2 is 1.78 bits per heavy atom. The van der Waals surface area contributed by atoms with Crippen LogP contribution in [0.15, 0.2) is 54.7 Å². The van der Waals surface area contributed by atoms with Gasteiger partial charge in [-0.25, -0.2) is 0 Å². The minimum absolute atomic E-state index is 0.163. The molecule has 2 saturated heterocycles. The SMILES string of the molecule is O=C1CCC(N2Cc3c(C#CC4CCN(Cc5cc6ccccc6cn5)CC4)cccc3C2=O)C(=O)N1. The summed E-state index contributed by atoms with van der Waals surface area (Å²) in [5.74, 6) is 6.27. The van der Waals surface area contributed by atoms with Crippen LogP contribution in [-0.4, -0.2) is 51.6 Å². The molecule has 6 rings (SSSR count). The number of rotatable bonds is 3. The van der Waals surface area contributed by atoms with Crippen molar-refractivity contribution >= 4 is 28.5 Å². The number of hydrogen-bond donors (Lipinski definition) is 1. The minimum atomic E-state index is -0.611. The molecule has 3 amide bonds. The van der Waals surface area contributed by atoms with Crippen LogP contribution in [0, 0.1) is 17.8 Å². The van der Waals surface area contributed by atoms with E-state index in [2.05, 4.69) is 51.3 Å². The number of nitrogens with zero attached hydrogens (tertiary/aromatic N) is 3. The molecule has 0 bridgehead atoms. The fourth-order valence-corrected chi connectivity index (χ4v) is 5.56. The summed E-state index contributed by atoms with van der Waals surface area (Å²) in [4.78, 5) is 45.6. The molecule has 1 unspecified atom stereocenters. The molecular formula is C30H28N4O3. The average Bonchev–Trinajstić information content (AvgIpc) is 3.25. The third kappa shape index (κ3) is 4.73. The molecule has 37 heavy (non-hydrogen) atoms. The van der Waals surface area contributed by atoms with Gasteiger partial charge in [-0.1, -0.05) is 42.2 Å². The van der Waals surface area contributed by atoms with Crippen molar-refractivity contribution in [1.29, 1.82) is 0 Å². The molecule has 0 radical (unpaired) electrons. The van der Waals surface area contributed by atoms with E-state index >= 15 is 0 Å². The van der Waals surface area contributed by atoms with Crippen molar-refractivity contribution < 1.29 is 14.4 Å². The third-order valence-corrected chi connectivity index (χ3v) is 7.65. The molecule has 7 nitrogen and oxygen atoms in total. The summed E-state index contributed by atoms with van der Waals surface area (Å²) in [5, 5.41) is 4.74. The zero-order valence-corrected chi connectivity index (χ0v) is 20.6. The van der Waals surface area contributed by atoms with E-state index in [9.17, 15) is 14.4 Å². The van der Waals surface area contributed by atoms with Gasteiger partial charge in [-0.15, -0.1) is 0 Å². The largest absolute Gasteiger partial charge is 0.322 e. The molecule has 0 spiro atoms. The number of piperidine rings is 2. The molecule has 7 heteroatoms. The predicted octanol–water partition coefficient (Wildman–Crippen LogP) is 3.26. The van der Waals surface area contributed by atoms with Crippen molar-refractivity contribution in [2.24, 2.45) is 5.92 Å². The van der Waals surface area contributed by atoms with Crippen molar-refractivity contribution in [2.75, 3.05) is 13.1 Å². The summed E-state index contributed by atoms with van der Waals surface area (Å²) < 4.78 is 0. The Bertz CT molecular complexity index is 1460. The smallest absolute Gasteiger partial charge is 0.255 e. The zero-order chi connectivity index (χ0) is 25.4. The Morgan fingerprint density at radius 3 is 2.59 bits per heavy atom. The first kappa shape index (κ1) is 23.4. The van der Waals surface area contributed by atoms with E-state index in [1.54, 1.807) is 11.0 Å². The number of fused-ring (bicyclic) bond motifs is 2. The maximum absolute atomic E-state index is 13.0. The van der Waals surface area contributed by atoms with Gasteiger partial charge in [-0.05, 0) is 61.5 Å². The molecule has 0 saturated carbocycles. The highest BCUT2D eigenvalue weighted by Gasteiger charge is 2.39. The summed E-state index contributed by atoms with van der Waals surface area (Å²) in [6.07, 6.45) is 4.55. The van der Waals surface area contributed by atoms with Crippen LogP contribution in [0.5, 0.6) is 0 Å². The second-order valence-corrected chi connectivity index (χ2v) is 10.1. The van der Waals surface area contributed by atoms with Gasteiger partial charge in [0.15, 0.2) is 0 Å². The van der Waals surface area contributed by atoms with Crippen LogP contribution in [0.25, 0.3) is 10.8 Å². The van der Waals surface area contributed by atoms with E-state index in [0.717, 1.165) is 54.7 Å². The van der Waals surface area contributed by atoms with E-state index in [4.69, 9.17) is 0 Å². The summed E-state index contributed by atoms with van der Waals surface area (Å²) in [5.41, 5.74) is 3.43. The molecule has 1 N–H and O–H groups in total. The van der Waals surface area contributed by atoms with Crippen LogP contribution in [0.3, 0.4) is 0 Å². The highest BCUT2D eigenvalue weighted by molar-refractivity contribution is 6.05. The number of hydrogen-bond acceptors (Lipinski definition) is 5. The fraction of sp³-hybridized carbons (Fsp3) is 0.333. The van der Waals surface area contributed by atoms with E-state index in [1.165, 1.54) is 5.39 Å². The normalized spacial score (nSPS) is 20.5. The molecule has 2 aromatic carbocycles. The van der Waals surface area contributed by atoms with Crippen LogP contribution in [-0.2, 0) is 22.7 Å². The van der Waals surface area contributed by atoms with Crippen LogP contribution < -0.4 is 5.32 Å². The number of imide groups is 1. The van der Waals surface area contributed by atoms with Crippen molar-refractivity contribution in [3.05, 3.63) is 77.1 Å². The van der Waals surface area contributed by atoms with Gasteiger partial charge in [0.2, 0.25) is 11.8 Å². The molecule has 2 fully saturated rings. The van der Waals surface area contributed by atoms with Gasteiger partial charge in [0.05, 0.1) is 5.69 Å². The molecule has 4 heterocycles. The first-order valence-corrected chi connectivity index (χ1v) is 12.9. The minimum Gasteiger partial charge on any atom is -0.322 e. The summed E-state index contributed by atoms with van der Waals surface area (Å²) >= 11 is 0. The molecule has 1 atom stereocenters. The summed E-state index contributed by atoms with van der Waals surface area (Å²) in [6.45, 7) is 3.14. The molecule has 3 aromatic rings. The van der Waals surface area contributed by atoms with E-state index < -0.39 is 11.9 Å². The number of nitrogens with one attached hydrogen (secondary N) is 1. The standard InChI is InChI=1S/C30H28N4O3/c35-28-11-10-27(29(36)32-28)34-19-26-21(6-3-7-25(26)30(34)37)9-8-20-12-14-33(15-13-20)18-24-16-22-4-1-2-5-23(22)17-31-24/h1-7,16-17,20,27H,10-15,18-19H2,(H,32,35,36). The average molecular weight is 493 g/mol. The summed E-state index contributed by atoms with van der Waals surface area (Å²) in [7, 11) is 0. The van der Waals surface area contributed by atoms with Gasteiger partial charge in [-0.3, -0.25) is 29.6 Å². The highest BCUT2D eigenvalue weighted by Crippen LogP contribution is 2.30. The monoisotopic (exact) mass is 492 g/mol. The van der Waals surface area contributed by atoms with Crippen LogP contribution in [0.2, 0.25) is 0 Å². The lowest BCUT2D eigenvalue weighted by Gasteiger charge is -2.29. The molecule has 0 aliphatic carbocycles. The van der Waals surface area contributed by atoms with Gasteiger partial charge in [0, 0.05) is 48.1 Å². The van der Waals surface area contributed by atoms with Gasteiger partial charge in [0.25, 0.3) is 5.91 Å². The van der Waals surface area contributed by atoms with Gasteiger partial charge in [0.1, 0.15) is 6.04 Å². The highest BCUT2D eigenvalue weighted by atomic mass is 16.2. The Kier molecular flexibility index (Phi) is 6.19. The molecule has 1 aromatic heterocycles. The van der Waals surface area contributed by atoms with E-state index in [1.807, 2.05) is 24.4 Å². The number of pyridine rings is 1.